The average Bonchev–Trinajstić information content (AvgIpc) is 2.53. The van der Waals surface area contributed by atoms with Gasteiger partial charge in [-0.25, -0.2) is 0 Å². The second-order valence-corrected chi connectivity index (χ2v) is 6.08. The van der Waals surface area contributed by atoms with Crippen LogP contribution in [-0.4, -0.2) is 25.5 Å². The first-order chi connectivity index (χ1) is 10.2. The second-order valence-electron chi connectivity index (χ2n) is 5.64. The summed E-state index contributed by atoms with van der Waals surface area (Å²) in [4.78, 5) is 14.9. The number of aryl methyl sites for hydroxylation is 1. The van der Waals surface area contributed by atoms with Gasteiger partial charge in [0.15, 0.2) is 0 Å². The van der Waals surface area contributed by atoms with Crippen LogP contribution in [0.25, 0.3) is 0 Å². The van der Waals surface area contributed by atoms with Crippen LogP contribution >= 0.6 is 11.6 Å². The van der Waals surface area contributed by atoms with Crippen LogP contribution in [0.4, 0.5) is 5.69 Å². The summed E-state index contributed by atoms with van der Waals surface area (Å²) in [6.45, 7) is 6.88. The molecule has 116 valence electrons. The minimum Gasteiger partial charge on any atom is -0.317 e. The van der Waals surface area contributed by atoms with Crippen molar-refractivity contribution >= 4 is 23.2 Å². The molecule has 21 heavy (non-hydrogen) atoms. The highest BCUT2D eigenvalue weighted by Gasteiger charge is 2.27. The van der Waals surface area contributed by atoms with Crippen LogP contribution in [0.15, 0.2) is 18.2 Å². The molecule has 1 amide bonds. The number of benzene rings is 1. The van der Waals surface area contributed by atoms with Crippen molar-refractivity contribution in [2.45, 2.75) is 39.5 Å². The molecule has 0 spiro atoms. The fraction of sp³-hybridized carbons (Fsp3) is 0.588. The molecule has 4 heteroatoms. The van der Waals surface area contributed by atoms with Gasteiger partial charge < -0.3 is 10.2 Å². The highest BCUT2D eigenvalue weighted by molar-refractivity contribution is 6.30. The van der Waals surface area contributed by atoms with Gasteiger partial charge in [-0.15, -0.1) is 0 Å². The normalized spacial score (nSPS) is 16.0. The average molecular weight is 309 g/mol. The van der Waals surface area contributed by atoms with Crippen LogP contribution < -0.4 is 10.2 Å². The maximum absolute atomic E-state index is 12.9. The standard InChI is InChI=1S/C17H25ClN2O/c1-3-11-20(17(21)14-7-9-19-10-8-14)16-6-5-15(18)12-13(16)4-2/h5-6,12,14,19H,3-4,7-11H2,1-2H3. The number of hydrogen-bond acceptors (Lipinski definition) is 2. The third kappa shape index (κ3) is 3.98. The molecule has 0 saturated carbocycles. The Bertz CT molecular complexity index is 484. The maximum atomic E-state index is 12.9. The third-order valence-corrected chi connectivity index (χ3v) is 4.35. The van der Waals surface area contributed by atoms with E-state index in [4.69, 9.17) is 11.6 Å². The lowest BCUT2D eigenvalue weighted by atomic mass is 9.95. The van der Waals surface area contributed by atoms with Gasteiger partial charge in [0.05, 0.1) is 0 Å². The molecule has 1 aromatic rings. The summed E-state index contributed by atoms with van der Waals surface area (Å²) in [5.74, 6) is 0.425. The molecule has 2 rings (SSSR count). The summed E-state index contributed by atoms with van der Waals surface area (Å²) in [7, 11) is 0. The SMILES string of the molecule is CCCN(C(=O)C1CCNCC1)c1ccc(Cl)cc1CC. The number of piperidine rings is 1. The quantitative estimate of drug-likeness (QED) is 0.900. The van der Waals surface area contributed by atoms with Gasteiger partial charge >= 0.3 is 0 Å². The first kappa shape index (κ1) is 16.3. The van der Waals surface area contributed by atoms with E-state index in [0.29, 0.717) is 0 Å². The first-order valence-corrected chi connectivity index (χ1v) is 8.35. The van der Waals surface area contributed by atoms with Crippen LogP contribution in [0.5, 0.6) is 0 Å². The molecule has 0 radical (unpaired) electrons. The van der Waals surface area contributed by atoms with E-state index in [1.807, 2.05) is 23.1 Å². The van der Waals surface area contributed by atoms with Crippen molar-refractivity contribution in [2.24, 2.45) is 5.92 Å². The highest BCUT2D eigenvalue weighted by Crippen LogP contribution is 2.28. The summed E-state index contributed by atoms with van der Waals surface area (Å²) in [6, 6.07) is 5.86. The molecule has 1 heterocycles. The van der Waals surface area contributed by atoms with Crippen molar-refractivity contribution in [2.75, 3.05) is 24.5 Å². The minimum absolute atomic E-state index is 0.151. The van der Waals surface area contributed by atoms with Gasteiger partial charge in [-0.2, -0.15) is 0 Å². The number of nitrogens with one attached hydrogen (secondary N) is 1. The Morgan fingerprint density at radius 3 is 2.67 bits per heavy atom. The second kappa shape index (κ2) is 7.81. The number of nitrogens with zero attached hydrogens (tertiary/aromatic N) is 1. The predicted octanol–water partition coefficient (Wildman–Crippen LogP) is 3.65. The summed E-state index contributed by atoms with van der Waals surface area (Å²) < 4.78 is 0. The Morgan fingerprint density at radius 2 is 2.05 bits per heavy atom. The van der Waals surface area contributed by atoms with Gasteiger partial charge in [-0.1, -0.05) is 25.4 Å². The van der Waals surface area contributed by atoms with Crippen molar-refractivity contribution in [3.8, 4) is 0 Å². The Balaban J connectivity index is 2.27. The minimum atomic E-state index is 0.151. The fourth-order valence-corrected chi connectivity index (χ4v) is 3.16. The van der Waals surface area contributed by atoms with Crippen LogP contribution in [0.3, 0.4) is 0 Å². The number of halogens is 1. The topological polar surface area (TPSA) is 32.3 Å². The highest BCUT2D eigenvalue weighted by atomic mass is 35.5. The summed E-state index contributed by atoms with van der Waals surface area (Å²) in [6.07, 6.45) is 3.72. The lowest BCUT2D eigenvalue weighted by molar-refractivity contribution is -0.123. The number of rotatable bonds is 5. The predicted molar refractivity (Wildman–Crippen MR) is 89.1 cm³/mol. The molecule has 3 nitrogen and oxygen atoms in total. The summed E-state index contributed by atoms with van der Waals surface area (Å²) >= 11 is 6.09. The Morgan fingerprint density at radius 1 is 1.33 bits per heavy atom. The largest absolute Gasteiger partial charge is 0.317 e. The van der Waals surface area contributed by atoms with E-state index < -0.39 is 0 Å². The van der Waals surface area contributed by atoms with Gasteiger partial charge in [-0.05, 0) is 62.5 Å². The fourth-order valence-electron chi connectivity index (χ4n) is 2.96. The maximum Gasteiger partial charge on any atom is 0.230 e. The molecule has 1 N–H and O–H groups in total. The van der Waals surface area contributed by atoms with Gasteiger partial charge in [-0.3, -0.25) is 4.79 Å². The van der Waals surface area contributed by atoms with Crippen LogP contribution in [0, 0.1) is 5.92 Å². The van der Waals surface area contributed by atoms with E-state index >= 15 is 0 Å². The van der Waals surface area contributed by atoms with E-state index in [-0.39, 0.29) is 11.8 Å². The Hall–Kier alpha value is -1.06. The van der Waals surface area contributed by atoms with E-state index in [1.54, 1.807) is 0 Å². The smallest absolute Gasteiger partial charge is 0.230 e. The molecule has 0 unspecified atom stereocenters. The van der Waals surface area contributed by atoms with Crippen molar-refractivity contribution in [1.82, 2.24) is 5.32 Å². The van der Waals surface area contributed by atoms with Gasteiger partial charge in [0.2, 0.25) is 5.91 Å². The summed E-state index contributed by atoms with van der Waals surface area (Å²) in [5.41, 5.74) is 2.19. The van der Waals surface area contributed by atoms with E-state index in [1.165, 1.54) is 0 Å². The molecule has 1 saturated heterocycles. The van der Waals surface area contributed by atoms with Gasteiger partial charge in [0.25, 0.3) is 0 Å². The number of anilines is 1. The first-order valence-electron chi connectivity index (χ1n) is 7.97. The van der Waals surface area contributed by atoms with E-state index in [9.17, 15) is 4.79 Å². The molecule has 1 fully saturated rings. The monoisotopic (exact) mass is 308 g/mol. The van der Waals surface area contributed by atoms with Gasteiger partial charge in [0.1, 0.15) is 0 Å². The zero-order valence-corrected chi connectivity index (χ0v) is 13.7. The Kier molecular flexibility index (Phi) is 6.07. The zero-order chi connectivity index (χ0) is 15.2. The zero-order valence-electron chi connectivity index (χ0n) is 13.0. The molecule has 0 bridgehead atoms. The molecule has 0 atom stereocenters. The number of amides is 1. The van der Waals surface area contributed by atoms with E-state index in [0.717, 1.165) is 61.6 Å². The molecule has 0 aliphatic carbocycles. The molecule has 0 aromatic heterocycles. The molecular formula is C17H25ClN2O. The van der Waals surface area contributed by atoms with Crippen molar-refractivity contribution < 1.29 is 4.79 Å². The third-order valence-electron chi connectivity index (χ3n) is 4.11. The van der Waals surface area contributed by atoms with Crippen LogP contribution in [0.1, 0.15) is 38.7 Å². The lowest BCUT2D eigenvalue weighted by Gasteiger charge is -2.31. The van der Waals surface area contributed by atoms with E-state index in [2.05, 4.69) is 19.2 Å². The van der Waals surface area contributed by atoms with Crippen molar-refractivity contribution in [3.05, 3.63) is 28.8 Å². The number of carbonyl (C=O) groups excluding carboxylic acids is 1. The molecule has 1 aliphatic rings. The Labute approximate surface area is 132 Å². The van der Waals surface area contributed by atoms with Crippen molar-refractivity contribution in [3.63, 3.8) is 0 Å². The number of carbonyl (C=O) groups is 1. The molecular weight excluding hydrogens is 284 g/mol. The molecule has 1 aromatic carbocycles. The lowest BCUT2D eigenvalue weighted by Crippen LogP contribution is -2.42. The van der Waals surface area contributed by atoms with Crippen LogP contribution in [-0.2, 0) is 11.2 Å². The summed E-state index contributed by atoms with van der Waals surface area (Å²) in [5, 5.41) is 4.06. The van der Waals surface area contributed by atoms with Crippen LogP contribution in [0.2, 0.25) is 5.02 Å². The van der Waals surface area contributed by atoms with Gasteiger partial charge in [0, 0.05) is 23.2 Å². The van der Waals surface area contributed by atoms with Crippen molar-refractivity contribution in [1.29, 1.82) is 0 Å². The number of hydrogen-bond donors (Lipinski definition) is 1. The molecule has 1 aliphatic heterocycles.